The number of aliphatic hydroxyl groups excluding tert-OH is 1. The summed E-state index contributed by atoms with van der Waals surface area (Å²) in [6.45, 7) is 11.2. The monoisotopic (exact) mass is 794 g/mol. The van der Waals surface area contributed by atoms with Gasteiger partial charge in [-0.25, -0.2) is 9.59 Å². The molecule has 1 aromatic heterocycles. The summed E-state index contributed by atoms with van der Waals surface area (Å²) >= 11 is 0. The van der Waals surface area contributed by atoms with Crippen molar-refractivity contribution in [2.75, 3.05) is 0 Å². The second-order valence-corrected chi connectivity index (χ2v) is 18.2. The number of aryl methyl sites for hydroxylation is 2. The fraction of sp³-hybridized carbons (Fsp3) is 0.392. The van der Waals surface area contributed by atoms with Crippen LogP contribution < -0.4 is 10.4 Å². The minimum absolute atomic E-state index is 0.0734. The molecule has 0 amide bonds. The molecule has 8 heteroatoms. The van der Waals surface area contributed by atoms with Crippen LogP contribution in [0.5, 0.6) is 5.75 Å². The Bertz CT molecular complexity index is 2490. The normalized spacial score (nSPS) is 22.5. The van der Waals surface area contributed by atoms with Crippen LogP contribution in [0.2, 0.25) is 0 Å². The number of allylic oxidation sites excluding steroid dienone is 1. The molecule has 0 radical (unpaired) electrons. The fourth-order valence-corrected chi connectivity index (χ4v) is 9.49. The molecule has 0 spiro atoms. The summed E-state index contributed by atoms with van der Waals surface area (Å²) in [4.78, 5) is 42.6. The molecule has 1 N–H and O–H groups in total. The van der Waals surface area contributed by atoms with E-state index in [9.17, 15) is 19.5 Å². The van der Waals surface area contributed by atoms with E-state index in [1.165, 1.54) is 16.7 Å². The first-order valence-corrected chi connectivity index (χ1v) is 20.9. The predicted molar refractivity (Wildman–Crippen MR) is 227 cm³/mol. The Morgan fingerprint density at radius 2 is 1.47 bits per heavy atom. The lowest BCUT2D eigenvalue weighted by molar-refractivity contribution is -0.188. The van der Waals surface area contributed by atoms with E-state index in [0.717, 1.165) is 36.0 Å². The van der Waals surface area contributed by atoms with Crippen molar-refractivity contribution in [1.82, 2.24) is 0 Å². The number of aliphatic hydroxyl groups is 1. The van der Waals surface area contributed by atoms with Crippen molar-refractivity contribution in [2.45, 2.75) is 122 Å². The van der Waals surface area contributed by atoms with Gasteiger partial charge in [0.15, 0.2) is 12.2 Å². The number of hydrogen-bond acceptors (Lipinski definition) is 8. The highest BCUT2D eigenvalue weighted by Gasteiger charge is 2.51. The molecule has 306 valence electrons. The predicted octanol–water partition coefficient (Wildman–Crippen LogP) is 9.93. The lowest BCUT2D eigenvalue weighted by atomic mass is 9.85. The van der Waals surface area contributed by atoms with E-state index in [-0.39, 0.29) is 17.9 Å². The van der Waals surface area contributed by atoms with E-state index >= 15 is 0 Å². The summed E-state index contributed by atoms with van der Waals surface area (Å²) < 4.78 is 25.7. The highest BCUT2D eigenvalue weighted by atomic mass is 16.6. The average molecular weight is 795 g/mol. The molecular weight excluding hydrogens is 741 g/mol. The molecule has 4 unspecified atom stereocenters. The maximum atomic E-state index is 14.5. The summed E-state index contributed by atoms with van der Waals surface area (Å²) in [6.07, 6.45) is 1.41. The van der Waals surface area contributed by atoms with Gasteiger partial charge in [0.2, 0.25) is 0 Å². The van der Waals surface area contributed by atoms with Gasteiger partial charge < -0.3 is 23.7 Å². The molecule has 4 heterocycles. The molecule has 5 aromatic rings. The third-order valence-corrected chi connectivity index (χ3v) is 12.5. The van der Waals surface area contributed by atoms with Gasteiger partial charge in [0.1, 0.15) is 16.9 Å². The van der Waals surface area contributed by atoms with Crippen LogP contribution in [0.15, 0.2) is 111 Å². The zero-order chi connectivity index (χ0) is 41.6. The van der Waals surface area contributed by atoms with Crippen molar-refractivity contribution in [3.63, 3.8) is 0 Å². The van der Waals surface area contributed by atoms with E-state index in [0.29, 0.717) is 59.1 Å². The lowest BCUT2D eigenvalue weighted by Crippen LogP contribution is -2.52. The first-order valence-electron chi connectivity index (χ1n) is 20.9. The number of rotatable bonds is 5. The Balaban J connectivity index is 1.18. The van der Waals surface area contributed by atoms with Crippen LogP contribution in [-0.4, -0.2) is 28.8 Å². The number of hydrogen-bond donors (Lipinski definition) is 1. The van der Waals surface area contributed by atoms with Crippen LogP contribution in [0.3, 0.4) is 0 Å². The minimum atomic E-state index is -1.18. The van der Waals surface area contributed by atoms with Crippen molar-refractivity contribution in [3.05, 3.63) is 157 Å². The van der Waals surface area contributed by atoms with Gasteiger partial charge >= 0.3 is 17.6 Å². The third kappa shape index (κ3) is 8.25. The minimum Gasteiger partial charge on any atom is -0.483 e. The molecule has 0 saturated heterocycles. The largest absolute Gasteiger partial charge is 0.483 e. The average Bonchev–Trinajstić information content (AvgIpc) is 3.43. The molecule has 4 aromatic carbocycles. The summed E-state index contributed by atoms with van der Waals surface area (Å²) in [7, 11) is 0. The van der Waals surface area contributed by atoms with Crippen LogP contribution in [0.25, 0.3) is 11.0 Å². The number of esters is 2. The van der Waals surface area contributed by atoms with Crippen LogP contribution in [0.4, 0.5) is 0 Å². The topological polar surface area (TPSA) is 112 Å². The first kappa shape index (κ1) is 40.3. The van der Waals surface area contributed by atoms with Gasteiger partial charge in [-0.1, -0.05) is 98.3 Å². The van der Waals surface area contributed by atoms with E-state index in [2.05, 4.69) is 72.8 Å². The molecular formula is C51H54O8. The zero-order valence-corrected chi connectivity index (χ0v) is 34.9. The van der Waals surface area contributed by atoms with Gasteiger partial charge in [-0.05, 0) is 119 Å². The van der Waals surface area contributed by atoms with Crippen LogP contribution in [0.1, 0.15) is 124 Å². The molecule has 0 fully saturated rings. The molecule has 59 heavy (non-hydrogen) atoms. The third-order valence-electron chi connectivity index (χ3n) is 12.5. The van der Waals surface area contributed by atoms with Gasteiger partial charge in [0.05, 0.1) is 11.7 Å². The number of ether oxygens (including phenoxy) is 3. The van der Waals surface area contributed by atoms with Crippen LogP contribution >= 0.6 is 0 Å². The van der Waals surface area contributed by atoms with Gasteiger partial charge in [0.25, 0.3) is 0 Å². The molecule has 2 bridgehead atoms. The number of fused-ring (bicyclic) bond motifs is 15. The standard InChI is InChI=1S/C51H54O8/c1-30(2)37-22-21-31-15-17-34(18-16-31)27-36(20-19-33-13-10-14-35(26-33)25-32-11-8-7-9-12-32)28-41(53)56-46-43-40(59-51(5,6)47(46)58-48(37)54)24-23-38-42-39(52)29-50(3,4)44(42)49(55)57-45(38)43/h7-18,23-24,26,36,39,46-47,52H,19-22,25,27-29H2,1-6H3. The zero-order valence-electron chi connectivity index (χ0n) is 34.9. The number of carbonyl (C=O) groups excluding carboxylic acids is 2. The van der Waals surface area contributed by atoms with Crippen LogP contribution in [0, 0.1) is 5.92 Å². The summed E-state index contributed by atoms with van der Waals surface area (Å²) in [5.41, 5.74) is 6.36. The van der Waals surface area contributed by atoms with Crippen molar-refractivity contribution < 1.29 is 33.3 Å². The van der Waals surface area contributed by atoms with Gasteiger partial charge in [0, 0.05) is 33.9 Å². The molecule has 0 saturated carbocycles. The molecule has 3 aliphatic heterocycles. The maximum absolute atomic E-state index is 14.5. The summed E-state index contributed by atoms with van der Waals surface area (Å²) in [6, 6.07) is 31.1. The Morgan fingerprint density at radius 1 is 0.763 bits per heavy atom. The van der Waals surface area contributed by atoms with Crippen molar-refractivity contribution in [3.8, 4) is 5.75 Å². The van der Waals surface area contributed by atoms with E-state index < -0.39 is 46.9 Å². The SMILES string of the molecule is CC(C)=C1CCc2ccc(cc2)CC(CCc2cccc(Cc3ccccc3)c2)CC(=O)OC2c3c(ccc4c5c(c(=O)oc34)C(C)(C)CC5O)OC(C)(C)C2OC1=O. The first-order chi connectivity index (χ1) is 28.2. The second-order valence-electron chi connectivity index (χ2n) is 18.2. The molecule has 8 nitrogen and oxygen atoms in total. The van der Waals surface area contributed by atoms with Crippen molar-refractivity contribution in [2.24, 2.45) is 5.92 Å². The van der Waals surface area contributed by atoms with E-state index in [1.54, 1.807) is 26.0 Å². The maximum Gasteiger partial charge on any atom is 0.340 e. The molecule has 4 aliphatic rings. The van der Waals surface area contributed by atoms with Gasteiger partial charge in [-0.2, -0.15) is 0 Å². The Morgan fingerprint density at radius 3 is 2.22 bits per heavy atom. The highest BCUT2D eigenvalue weighted by Crippen LogP contribution is 2.51. The summed E-state index contributed by atoms with van der Waals surface area (Å²) in [5, 5.41) is 11.9. The Kier molecular flexibility index (Phi) is 10.9. The van der Waals surface area contributed by atoms with Gasteiger partial charge in [-0.15, -0.1) is 0 Å². The molecule has 9 rings (SSSR count). The number of benzene rings is 4. The van der Waals surface area contributed by atoms with E-state index in [4.69, 9.17) is 18.6 Å². The van der Waals surface area contributed by atoms with Crippen molar-refractivity contribution in [1.29, 1.82) is 0 Å². The Labute approximate surface area is 346 Å². The Hall–Kier alpha value is -5.47. The number of carbonyl (C=O) groups is 2. The van der Waals surface area contributed by atoms with E-state index in [1.807, 2.05) is 33.8 Å². The summed E-state index contributed by atoms with van der Waals surface area (Å²) in [5.74, 6) is -0.705. The molecule has 1 aliphatic carbocycles. The smallest absolute Gasteiger partial charge is 0.340 e. The van der Waals surface area contributed by atoms with Crippen LogP contribution in [-0.2, 0) is 50.2 Å². The highest BCUT2D eigenvalue weighted by molar-refractivity contribution is 5.90. The quantitative estimate of drug-likeness (QED) is 0.106. The van der Waals surface area contributed by atoms with Crippen molar-refractivity contribution >= 4 is 22.9 Å². The van der Waals surface area contributed by atoms with Gasteiger partial charge in [-0.3, -0.25) is 4.79 Å². The lowest BCUT2D eigenvalue weighted by Gasteiger charge is -2.43. The molecule has 4 atom stereocenters. The second kappa shape index (κ2) is 15.9. The fourth-order valence-electron chi connectivity index (χ4n) is 9.49.